The van der Waals surface area contributed by atoms with Gasteiger partial charge in [-0.2, -0.15) is 0 Å². The molecule has 0 aromatic rings. The average Bonchev–Trinajstić information content (AvgIpc) is 2.39. The molecule has 0 bridgehead atoms. The van der Waals surface area contributed by atoms with Crippen LogP contribution in [0.2, 0.25) is 0 Å². The van der Waals surface area contributed by atoms with Crippen LogP contribution in [0.1, 0.15) is 0 Å². The summed E-state index contributed by atoms with van der Waals surface area (Å²) in [5, 5.41) is 0. The Hall–Kier alpha value is -0.600. The van der Waals surface area contributed by atoms with Gasteiger partial charge in [0.1, 0.15) is 0 Å². The summed E-state index contributed by atoms with van der Waals surface area (Å²) in [6.07, 6.45) is 4.26. The van der Waals surface area contributed by atoms with E-state index in [0.717, 1.165) is 0 Å². The summed E-state index contributed by atoms with van der Waals surface area (Å²) in [6, 6.07) is 13.0. The van der Waals surface area contributed by atoms with Gasteiger partial charge < -0.3 is 0 Å². The minimum Gasteiger partial charge on any atom is -0.129 e. The molecule has 14 heavy (non-hydrogen) atoms. The summed E-state index contributed by atoms with van der Waals surface area (Å²) in [5.74, 6) is 0. The third kappa shape index (κ3) is 1.64. The molecule has 0 atom stereocenters. The van der Waals surface area contributed by atoms with Crippen molar-refractivity contribution in [2.45, 2.75) is 9.79 Å². The zero-order valence-corrected chi connectivity index (χ0v) is 9.91. The van der Waals surface area contributed by atoms with Gasteiger partial charge in [-0.15, -0.1) is 23.5 Å². The van der Waals surface area contributed by atoms with Crippen LogP contribution in [0.25, 0.3) is 11.1 Å². The second kappa shape index (κ2) is 4.28. The third-order valence-electron chi connectivity index (χ3n) is 2.27. The fourth-order valence-electron chi connectivity index (χ4n) is 1.59. The lowest BCUT2D eigenvalue weighted by atomic mass is 10.2. The first-order valence-electron chi connectivity index (χ1n) is 4.46. The number of fused-ring (bicyclic) bond motifs is 1. The molecular weight excluding hydrogens is 208 g/mol. The summed E-state index contributed by atoms with van der Waals surface area (Å²) in [7, 11) is 0. The maximum atomic E-state index is 2.28. The van der Waals surface area contributed by atoms with Crippen LogP contribution in [0, 0.1) is 0 Å². The molecule has 0 amide bonds. The van der Waals surface area contributed by atoms with E-state index >= 15 is 0 Å². The van der Waals surface area contributed by atoms with Gasteiger partial charge in [-0.1, -0.05) is 30.3 Å². The van der Waals surface area contributed by atoms with Gasteiger partial charge in [0, 0.05) is 9.79 Å². The van der Waals surface area contributed by atoms with Gasteiger partial charge in [0.15, 0.2) is 0 Å². The Kier molecular flexibility index (Phi) is 3.04. The van der Waals surface area contributed by atoms with Crippen LogP contribution >= 0.6 is 23.5 Å². The van der Waals surface area contributed by atoms with Gasteiger partial charge in [-0.25, -0.2) is 0 Å². The molecular formula is C12H12S2. The van der Waals surface area contributed by atoms with Gasteiger partial charge in [-0.05, 0) is 29.7 Å². The van der Waals surface area contributed by atoms with Crippen LogP contribution in [-0.4, -0.2) is 12.5 Å². The Balaban J connectivity index is 2.67. The van der Waals surface area contributed by atoms with Crippen molar-refractivity contribution < 1.29 is 0 Å². The number of thioether (sulfide) groups is 2. The van der Waals surface area contributed by atoms with Crippen molar-refractivity contribution >= 4 is 23.5 Å². The molecule has 2 heteroatoms. The van der Waals surface area contributed by atoms with E-state index < -0.39 is 0 Å². The molecule has 0 radical (unpaired) electrons. The second-order valence-corrected chi connectivity index (χ2v) is 4.72. The first kappa shape index (κ1) is 9.94. The van der Waals surface area contributed by atoms with Crippen molar-refractivity contribution in [2.24, 2.45) is 0 Å². The molecule has 0 fully saturated rings. The maximum Gasteiger partial charge on any atom is 0.0159 e. The zero-order chi connectivity index (χ0) is 9.97. The van der Waals surface area contributed by atoms with Crippen LogP contribution in [-0.2, 0) is 0 Å². The molecule has 0 N–H and O–H groups in total. The molecule has 0 saturated heterocycles. The largest absolute Gasteiger partial charge is 0.129 e. The molecule has 2 aliphatic carbocycles. The van der Waals surface area contributed by atoms with Crippen LogP contribution in [0.15, 0.2) is 46.2 Å². The van der Waals surface area contributed by atoms with Crippen molar-refractivity contribution in [2.75, 3.05) is 12.5 Å². The van der Waals surface area contributed by atoms with Crippen molar-refractivity contribution in [3.8, 4) is 11.1 Å². The highest BCUT2D eigenvalue weighted by Crippen LogP contribution is 2.40. The molecule has 0 aliphatic heterocycles. The first-order valence-corrected chi connectivity index (χ1v) is 6.91. The van der Waals surface area contributed by atoms with Gasteiger partial charge in [0.25, 0.3) is 0 Å². The van der Waals surface area contributed by atoms with Crippen LogP contribution in [0.5, 0.6) is 0 Å². The highest BCUT2D eigenvalue weighted by Gasteiger charge is 2.12. The number of hydrogen-bond acceptors (Lipinski definition) is 2. The SMILES string of the molecule is CSc1cc(SC)c2cccccc1-2. The quantitative estimate of drug-likeness (QED) is 0.694. The van der Waals surface area contributed by atoms with Gasteiger partial charge >= 0.3 is 0 Å². The lowest BCUT2D eigenvalue weighted by Gasteiger charge is -1.97. The molecule has 0 heterocycles. The summed E-state index contributed by atoms with van der Waals surface area (Å²) >= 11 is 3.63. The summed E-state index contributed by atoms with van der Waals surface area (Å²) < 4.78 is 0. The average molecular weight is 220 g/mol. The van der Waals surface area contributed by atoms with E-state index in [2.05, 4.69) is 48.9 Å². The predicted octanol–water partition coefficient (Wildman–Crippen LogP) is 4.24. The lowest BCUT2D eigenvalue weighted by Crippen LogP contribution is -1.69. The van der Waals surface area contributed by atoms with Crippen molar-refractivity contribution in [1.82, 2.24) is 0 Å². The molecule has 72 valence electrons. The second-order valence-electron chi connectivity index (χ2n) is 3.02. The Bertz CT molecular complexity index is 374. The fourth-order valence-corrected chi connectivity index (χ4v) is 2.93. The van der Waals surface area contributed by atoms with Crippen molar-refractivity contribution in [1.29, 1.82) is 0 Å². The molecule has 0 nitrogen and oxygen atoms in total. The normalized spacial score (nSPS) is 10.7. The zero-order valence-electron chi connectivity index (χ0n) is 8.28. The minimum atomic E-state index is 1.37. The minimum absolute atomic E-state index is 1.37. The number of rotatable bonds is 2. The van der Waals surface area contributed by atoms with Crippen molar-refractivity contribution in [3.05, 3.63) is 36.4 Å². The van der Waals surface area contributed by atoms with Crippen LogP contribution in [0.3, 0.4) is 0 Å². The Morgan fingerprint density at radius 1 is 0.786 bits per heavy atom. The molecule has 0 saturated carbocycles. The Morgan fingerprint density at radius 2 is 1.29 bits per heavy atom. The third-order valence-corrected chi connectivity index (χ3v) is 3.83. The van der Waals surface area contributed by atoms with E-state index in [9.17, 15) is 0 Å². The number of hydrogen-bond donors (Lipinski definition) is 0. The highest BCUT2D eigenvalue weighted by molar-refractivity contribution is 7.99. The predicted molar refractivity (Wildman–Crippen MR) is 66.6 cm³/mol. The van der Waals surface area contributed by atoms with E-state index in [1.807, 2.05) is 23.5 Å². The van der Waals surface area contributed by atoms with Gasteiger partial charge in [0.05, 0.1) is 0 Å². The first-order chi connectivity index (χ1) is 6.86. The highest BCUT2D eigenvalue weighted by atomic mass is 32.2. The molecule has 0 unspecified atom stereocenters. The topological polar surface area (TPSA) is 0 Å². The molecule has 0 aromatic heterocycles. The van der Waals surface area contributed by atoms with E-state index in [1.165, 1.54) is 20.9 Å². The fraction of sp³-hybridized carbons (Fsp3) is 0.167. The maximum absolute atomic E-state index is 2.28. The van der Waals surface area contributed by atoms with E-state index in [0.29, 0.717) is 0 Å². The lowest BCUT2D eigenvalue weighted by molar-refractivity contribution is 1.52. The smallest absolute Gasteiger partial charge is 0.0159 e. The molecule has 2 aliphatic rings. The van der Waals surface area contributed by atoms with E-state index in [1.54, 1.807) is 0 Å². The van der Waals surface area contributed by atoms with Crippen LogP contribution in [0.4, 0.5) is 0 Å². The van der Waals surface area contributed by atoms with Crippen LogP contribution < -0.4 is 0 Å². The Labute approximate surface area is 93.4 Å². The molecule has 0 spiro atoms. The standard InChI is InChI=1S/C12H12S2/c1-13-11-8-12(14-2)10-7-5-3-4-6-9(10)11/h3-8H,1-2H3. The molecule has 2 rings (SSSR count). The van der Waals surface area contributed by atoms with Gasteiger partial charge in [0.2, 0.25) is 0 Å². The molecule has 0 aromatic carbocycles. The summed E-state index contributed by atoms with van der Waals surface area (Å²) in [4.78, 5) is 2.75. The monoisotopic (exact) mass is 220 g/mol. The van der Waals surface area contributed by atoms with Crippen molar-refractivity contribution in [3.63, 3.8) is 0 Å². The Morgan fingerprint density at radius 3 is 1.71 bits per heavy atom. The van der Waals surface area contributed by atoms with E-state index in [-0.39, 0.29) is 0 Å². The summed E-state index contributed by atoms with van der Waals surface area (Å²) in [5.41, 5.74) is 2.73. The van der Waals surface area contributed by atoms with Gasteiger partial charge in [-0.3, -0.25) is 0 Å². The van der Waals surface area contributed by atoms with E-state index in [4.69, 9.17) is 0 Å². The summed E-state index contributed by atoms with van der Waals surface area (Å²) in [6.45, 7) is 0.